The van der Waals surface area contributed by atoms with Crippen molar-refractivity contribution in [2.75, 3.05) is 7.05 Å². The molecule has 3 unspecified atom stereocenters. The molecular formula is C26H40BrN3O3. The molecule has 0 saturated heterocycles. The van der Waals surface area contributed by atoms with E-state index in [-0.39, 0.29) is 23.8 Å². The summed E-state index contributed by atoms with van der Waals surface area (Å²) in [6.07, 6.45) is 16.4. The first-order valence-electron chi connectivity index (χ1n) is 12.8. The van der Waals surface area contributed by atoms with Crippen molar-refractivity contribution in [2.24, 2.45) is 17.8 Å². The highest BCUT2D eigenvalue weighted by Gasteiger charge is 2.32. The third-order valence-electron chi connectivity index (χ3n) is 7.55. The highest BCUT2D eigenvalue weighted by molar-refractivity contribution is 9.10. The zero-order valence-electron chi connectivity index (χ0n) is 19.9. The van der Waals surface area contributed by atoms with Gasteiger partial charge in [0.1, 0.15) is 0 Å². The second-order valence-corrected chi connectivity index (χ2v) is 11.0. The molecule has 0 bridgehead atoms. The number of amides is 2. The normalized spacial score (nSPS) is 20.6. The second-order valence-electron chi connectivity index (χ2n) is 10.1. The molecule has 3 N–H and O–H groups in total. The summed E-state index contributed by atoms with van der Waals surface area (Å²) in [4.78, 5) is 29.8. The van der Waals surface area contributed by atoms with E-state index < -0.39 is 6.10 Å². The molecule has 2 fully saturated rings. The van der Waals surface area contributed by atoms with Crippen molar-refractivity contribution in [2.45, 2.75) is 95.6 Å². The number of aromatic nitrogens is 1. The molecule has 184 valence electrons. The van der Waals surface area contributed by atoms with E-state index in [2.05, 4.69) is 31.5 Å². The van der Waals surface area contributed by atoms with Gasteiger partial charge < -0.3 is 15.7 Å². The van der Waals surface area contributed by atoms with E-state index in [1.54, 1.807) is 25.5 Å². The highest BCUT2D eigenvalue weighted by atomic mass is 79.9. The van der Waals surface area contributed by atoms with Crippen LogP contribution in [0, 0.1) is 17.8 Å². The van der Waals surface area contributed by atoms with Gasteiger partial charge >= 0.3 is 0 Å². The molecule has 0 aliphatic heterocycles. The zero-order valence-corrected chi connectivity index (χ0v) is 21.5. The van der Waals surface area contributed by atoms with Crippen LogP contribution in [0.3, 0.4) is 0 Å². The Kier molecular flexibility index (Phi) is 10.6. The van der Waals surface area contributed by atoms with Crippen LogP contribution in [0.25, 0.3) is 0 Å². The molecule has 2 aliphatic rings. The zero-order chi connectivity index (χ0) is 23.6. The van der Waals surface area contributed by atoms with Crippen LogP contribution in [-0.2, 0) is 4.79 Å². The number of carbonyl (C=O) groups is 2. The predicted octanol–water partition coefficient (Wildman–Crippen LogP) is 5.00. The van der Waals surface area contributed by atoms with Gasteiger partial charge in [0, 0.05) is 29.8 Å². The Morgan fingerprint density at radius 3 is 2.21 bits per heavy atom. The van der Waals surface area contributed by atoms with Gasteiger partial charge in [0.2, 0.25) is 5.91 Å². The Balaban J connectivity index is 1.70. The van der Waals surface area contributed by atoms with E-state index in [0.29, 0.717) is 23.8 Å². The lowest BCUT2D eigenvalue weighted by Gasteiger charge is -2.32. The summed E-state index contributed by atoms with van der Waals surface area (Å²) in [5.74, 6) is 0.584. The van der Waals surface area contributed by atoms with Gasteiger partial charge in [0.25, 0.3) is 5.91 Å². The number of aliphatic hydroxyl groups excluding tert-OH is 1. The van der Waals surface area contributed by atoms with Gasteiger partial charge in [0.15, 0.2) is 0 Å². The molecular weight excluding hydrogens is 482 g/mol. The highest BCUT2D eigenvalue weighted by Crippen LogP contribution is 2.33. The first-order chi connectivity index (χ1) is 16.0. The molecule has 3 rings (SSSR count). The van der Waals surface area contributed by atoms with E-state index >= 15 is 0 Å². The van der Waals surface area contributed by atoms with Crippen molar-refractivity contribution in [1.82, 2.24) is 15.6 Å². The van der Waals surface area contributed by atoms with Crippen LogP contribution in [-0.4, -0.2) is 41.1 Å². The number of pyridine rings is 1. The van der Waals surface area contributed by atoms with Gasteiger partial charge in [0.05, 0.1) is 17.7 Å². The van der Waals surface area contributed by atoms with Crippen LogP contribution in [0.15, 0.2) is 22.9 Å². The van der Waals surface area contributed by atoms with Gasteiger partial charge in [-0.05, 0) is 53.1 Å². The molecule has 7 heteroatoms. The lowest BCUT2D eigenvalue weighted by atomic mass is 9.79. The quantitative estimate of drug-likeness (QED) is 0.404. The van der Waals surface area contributed by atoms with Crippen molar-refractivity contribution < 1.29 is 14.7 Å². The number of hydrogen-bond acceptors (Lipinski definition) is 4. The average Bonchev–Trinajstić information content (AvgIpc) is 2.84. The molecule has 0 aromatic carbocycles. The standard InChI is InChI=1S/C26H40BrN3O3/c1-28-25(32)20(12-18-8-4-2-5-9-18)15-24(31)23(13-19-10-6-3-7-11-19)30-26(33)21-14-22(27)17-29-16-21/h14,16-20,23-24,31H,2-13,15H2,1H3,(H,28,32)(H,30,33). The van der Waals surface area contributed by atoms with Gasteiger partial charge in [-0.2, -0.15) is 0 Å². The molecule has 3 atom stereocenters. The third-order valence-corrected chi connectivity index (χ3v) is 7.98. The summed E-state index contributed by atoms with van der Waals surface area (Å²) in [6, 6.07) is 1.36. The van der Waals surface area contributed by atoms with Crippen LogP contribution < -0.4 is 10.6 Å². The minimum absolute atomic E-state index is 0.00134. The number of nitrogens with one attached hydrogen (secondary N) is 2. The molecule has 1 heterocycles. The van der Waals surface area contributed by atoms with Crippen LogP contribution in [0.5, 0.6) is 0 Å². The number of aliphatic hydroxyl groups is 1. The molecule has 2 saturated carbocycles. The number of rotatable bonds is 10. The Bertz CT molecular complexity index is 763. The lowest BCUT2D eigenvalue weighted by Crippen LogP contribution is -2.46. The summed E-state index contributed by atoms with van der Waals surface area (Å²) in [5, 5.41) is 17.2. The molecule has 1 aromatic rings. The van der Waals surface area contributed by atoms with E-state index in [1.165, 1.54) is 51.4 Å². The number of hydrogen-bond donors (Lipinski definition) is 3. The molecule has 6 nitrogen and oxygen atoms in total. The Labute approximate surface area is 206 Å². The summed E-state index contributed by atoms with van der Waals surface area (Å²) < 4.78 is 0.742. The third kappa shape index (κ3) is 8.36. The minimum Gasteiger partial charge on any atom is -0.391 e. The monoisotopic (exact) mass is 521 g/mol. The maximum absolute atomic E-state index is 13.0. The fraction of sp³-hybridized carbons (Fsp3) is 0.731. The first kappa shape index (κ1) is 26.1. The summed E-state index contributed by atoms with van der Waals surface area (Å²) in [5.41, 5.74) is 0.468. The summed E-state index contributed by atoms with van der Waals surface area (Å²) >= 11 is 3.37. The van der Waals surface area contributed by atoms with Gasteiger partial charge in [-0.15, -0.1) is 0 Å². The van der Waals surface area contributed by atoms with Gasteiger partial charge in [-0.25, -0.2) is 0 Å². The predicted molar refractivity (Wildman–Crippen MR) is 134 cm³/mol. The molecule has 33 heavy (non-hydrogen) atoms. The molecule has 0 spiro atoms. The molecule has 2 aliphatic carbocycles. The average molecular weight is 523 g/mol. The topological polar surface area (TPSA) is 91.3 Å². The summed E-state index contributed by atoms with van der Waals surface area (Å²) in [7, 11) is 1.67. The lowest BCUT2D eigenvalue weighted by molar-refractivity contribution is -0.126. The van der Waals surface area contributed by atoms with Crippen molar-refractivity contribution in [3.63, 3.8) is 0 Å². The van der Waals surface area contributed by atoms with E-state index in [4.69, 9.17) is 0 Å². The van der Waals surface area contributed by atoms with Crippen LogP contribution in [0.4, 0.5) is 0 Å². The SMILES string of the molecule is CNC(=O)C(CC1CCCCC1)CC(O)C(CC1CCCCC1)NC(=O)c1cncc(Br)c1. The first-order valence-corrected chi connectivity index (χ1v) is 13.6. The number of nitrogens with zero attached hydrogens (tertiary/aromatic N) is 1. The van der Waals surface area contributed by atoms with E-state index in [9.17, 15) is 14.7 Å². The largest absolute Gasteiger partial charge is 0.391 e. The Morgan fingerprint density at radius 1 is 1.03 bits per heavy atom. The fourth-order valence-electron chi connectivity index (χ4n) is 5.68. The molecule has 1 aromatic heterocycles. The number of halogens is 1. The Morgan fingerprint density at radius 2 is 1.64 bits per heavy atom. The van der Waals surface area contributed by atoms with Crippen molar-refractivity contribution in [1.29, 1.82) is 0 Å². The van der Waals surface area contributed by atoms with E-state index in [1.807, 2.05) is 0 Å². The second kappa shape index (κ2) is 13.4. The number of carbonyl (C=O) groups excluding carboxylic acids is 2. The van der Waals surface area contributed by atoms with Crippen molar-refractivity contribution in [3.05, 3.63) is 28.5 Å². The van der Waals surface area contributed by atoms with Gasteiger partial charge in [-0.1, -0.05) is 64.2 Å². The van der Waals surface area contributed by atoms with Gasteiger partial charge in [-0.3, -0.25) is 14.6 Å². The summed E-state index contributed by atoms with van der Waals surface area (Å²) in [6.45, 7) is 0. The van der Waals surface area contributed by atoms with Crippen LogP contribution >= 0.6 is 15.9 Å². The van der Waals surface area contributed by atoms with Crippen molar-refractivity contribution >= 4 is 27.7 Å². The molecule has 0 radical (unpaired) electrons. The molecule has 2 amide bonds. The maximum Gasteiger partial charge on any atom is 0.253 e. The fourth-order valence-corrected chi connectivity index (χ4v) is 6.04. The van der Waals surface area contributed by atoms with Crippen molar-refractivity contribution in [3.8, 4) is 0 Å². The Hall–Kier alpha value is -1.47. The maximum atomic E-state index is 13.0. The smallest absolute Gasteiger partial charge is 0.253 e. The van der Waals surface area contributed by atoms with E-state index in [0.717, 1.165) is 30.2 Å². The minimum atomic E-state index is -0.762. The van der Waals surface area contributed by atoms with Crippen LogP contribution in [0.1, 0.15) is 93.8 Å². The van der Waals surface area contributed by atoms with Crippen LogP contribution in [0.2, 0.25) is 0 Å².